The summed E-state index contributed by atoms with van der Waals surface area (Å²) >= 11 is 3.46. The Morgan fingerprint density at radius 2 is 2.25 bits per heavy atom. The van der Waals surface area contributed by atoms with Crippen molar-refractivity contribution >= 4 is 21.9 Å². The Bertz CT molecular complexity index is 400. The molecular weight excluding hydrogens is 270 g/mol. The first kappa shape index (κ1) is 11.6. The lowest BCUT2D eigenvalue weighted by Gasteiger charge is -2.25. The van der Waals surface area contributed by atoms with E-state index in [-0.39, 0.29) is 0 Å². The molecule has 1 aromatic rings. The van der Waals surface area contributed by atoms with Crippen molar-refractivity contribution in [2.45, 2.75) is 24.8 Å². The van der Waals surface area contributed by atoms with E-state index >= 15 is 0 Å². The average Bonchev–Trinajstić information content (AvgIpc) is 2.71. The predicted molar refractivity (Wildman–Crippen MR) is 65.4 cm³/mol. The van der Waals surface area contributed by atoms with Crippen molar-refractivity contribution in [2.24, 2.45) is 0 Å². The summed E-state index contributed by atoms with van der Waals surface area (Å²) in [6, 6.07) is 7.78. The van der Waals surface area contributed by atoms with E-state index in [9.17, 15) is 9.90 Å². The Morgan fingerprint density at radius 3 is 2.81 bits per heavy atom. The van der Waals surface area contributed by atoms with E-state index in [2.05, 4.69) is 21.2 Å². The van der Waals surface area contributed by atoms with Crippen molar-refractivity contribution in [1.29, 1.82) is 0 Å². The average molecular weight is 284 g/mol. The summed E-state index contributed by atoms with van der Waals surface area (Å²) in [5.74, 6) is -0.749. The van der Waals surface area contributed by atoms with Crippen LogP contribution in [0.1, 0.15) is 18.4 Å². The molecule has 0 amide bonds. The third-order valence-corrected chi connectivity index (χ3v) is 3.88. The van der Waals surface area contributed by atoms with Gasteiger partial charge in [-0.1, -0.05) is 34.1 Å². The Balaban J connectivity index is 2.25. The zero-order valence-electron chi connectivity index (χ0n) is 8.87. The quantitative estimate of drug-likeness (QED) is 0.894. The third kappa shape index (κ3) is 2.13. The second-order valence-electron chi connectivity index (χ2n) is 4.19. The van der Waals surface area contributed by atoms with Gasteiger partial charge < -0.3 is 10.4 Å². The van der Waals surface area contributed by atoms with E-state index in [1.807, 2.05) is 24.3 Å². The summed E-state index contributed by atoms with van der Waals surface area (Å²) < 4.78 is 0.976. The first-order chi connectivity index (χ1) is 7.64. The summed E-state index contributed by atoms with van der Waals surface area (Å²) in [6.07, 6.45) is 2.16. The molecule has 1 heterocycles. The fourth-order valence-corrected chi connectivity index (χ4v) is 2.61. The highest BCUT2D eigenvalue weighted by Gasteiger charge is 2.41. The molecule has 86 valence electrons. The minimum atomic E-state index is -0.774. The van der Waals surface area contributed by atoms with E-state index < -0.39 is 11.5 Å². The smallest absolute Gasteiger partial charge is 0.324 e. The maximum Gasteiger partial charge on any atom is 0.324 e. The van der Waals surface area contributed by atoms with E-state index in [0.717, 1.165) is 23.0 Å². The molecule has 1 saturated heterocycles. The summed E-state index contributed by atoms with van der Waals surface area (Å²) in [5.41, 5.74) is 0.267. The Hall–Kier alpha value is -0.870. The number of carboxylic acid groups (broad SMARTS) is 1. The van der Waals surface area contributed by atoms with E-state index in [1.54, 1.807) is 0 Å². The van der Waals surface area contributed by atoms with Gasteiger partial charge in [-0.05, 0) is 31.0 Å². The number of hydrogen-bond donors (Lipinski definition) is 2. The van der Waals surface area contributed by atoms with Gasteiger partial charge in [-0.15, -0.1) is 0 Å². The van der Waals surface area contributed by atoms with Crippen LogP contribution in [0.3, 0.4) is 0 Å². The molecular formula is C12H14BrNO2. The summed E-state index contributed by atoms with van der Waals surface area (Å²) in [4.78, 5) is 11.4. The zero-order chi connectivity index (χ0) is 11.6. The molecule has 1 atom stereocenters. The molecule has 1 aliphatic rings. The number of halogens is 1. The van der Waals surface area contributed by atoms with Crippen LogP contribution in [-0.2, 0) is 11.2 Å². The Morgan fingerprint density at radius 1 is 1.50 bits per heavy atom. The maximum atomic E-state index is 11.4. The van der Waals surface area contributed by atoms with Crippen molar-refractivity contribution in [2.75, 3.05) is 6.54 Å². The molecule has 0 aliphatic carbocycles. The fraction of sp³-hybridized carbons (Fsp3) is 0.417. The first-order valence-corrected chi connectivity index (χ1v) is 6.15. The molecule has 0 radical (unpaired) electrons. The summed E-state index contributed by atoms with van der Waals surface area (Å²) in [7, 11) is 0. The van der Waals surface area contributed by atoms with E-state index in [4.69, 9.17) is 0 Å². The van der Waals surface area contributed by atoms with Crippen LogP contribution < -0.4 is 5.32 Å². The topological polar surface area (TPSA) is 49.3 Å². The van der Waals surface area contributed by atoms with Crippen LogP contribution in [0.15, 0.2) is 28.7 Å². The molecule has 1 fully saturated rings. The van der Waals surface area contributed by atoms with Gasteiger partial charge in [-0.2, -0.15) is 0 Å². The molecule has 1 unspecified atom stereocenters. The Labute approximate surface area is 103 Å². The molecule has 1 aromatic carbocycles. The van der Waals surface area contributed by atoms with Gasteiger partial charge in [0.05, 0.1) is 0 Å². The normalized spacial score (nSPS) is 24.6. The Kier molecular flexibility index (Phi) is 3.30. The molecule has 0 saturated carbocycles. The van der Waals surface area contributed by atoms with Gasteiger partial charge in [0.1, 0.15) is 5.54 Å². The van der Waals surface area contributed by atoms with Gasteiger partial charge in [0, 0.05) is 10.9 Å². The highest BCUT2D eigenvalue weighted by molar-refractivity contribution is 9.10. The summed E-state index contributed by atoms with van der Waals surface area (Å²) in [5, 5.41) is 12.5. The number of benzene rings is 1. The highest BCUT2D eigenvalue weighted by atomic mass is 79.9. The standard InChI is InChI=1S/C12H14BrNO2/c13-10-5-2-1-4-9(10)8-12(11(15)16)6-3-7-14-12/h1-2,4-5,14H,3,6-8H2,(H,15,16). The van der Waals surface area contributed by atoms with Crippen LogP contribution >= 0.6 is 15.9 Å². The number of rotatable bonds is 3. The van der Waals surface area contributed by atoms with Gasteiger partial charge in [0.25, 0.3) is 0 Å². The van der Waals surface area contributed by atoms with Crippen molar-refractivity contribution < 1.29 is 9.90 Å². The minimum absolute atomic E-state index is 0.532. The minimum Gasteiger partial charge on any atom is -0.480 e. The number of hydrogen-bond acceptors (Lipinski definition) is 2. The monoisotopic (exact) mass is 283 g/mol. The van der Waals surface area contributed by atoms with Crippen molar-refractivity contribution in [3.8, 4) is 0 Å². The molecule has 0 bridgehead atoms. The second-order valence-corrected chi connectivity index (χ2v) is 5.04. The molecule has 1 aliphatic heterocycles. The molecule has 0 spiro atoms. The molecule has 3 nitrogen and oxygen atoms in total. The van der Waals surface area contributed by atoms with Crippen LogP contribution in [0.2, 0.25) is 0 Å². The molecule has 4 heteroatoms. The molecule has 2 rings (SSSR count). The van der Waals surface area contributed by atoms with E-state index in [0.29, 0.717) is 12.8 Å². The maximum absolute atomic E-state index is 11.4. The molecule has 16 heavy (non-hydrogen) atoms. The lowest BCUT2D eigenvalue weighted by Crippen LogP contribution is -2.49. The largest absolute Gasteiger partial charge is 0.480 e. The molecule has 2 N–H and O–H groups in total. The first-order valence-electron chi connectivity index (χ1n) is 5.36. The van der Waals surface area contributed by atoms with Gasteiger partial charge in [-0.25, -0.2) is 0 Å². The third-order valence-electron chi connectivity index (χ3n) is 3.10. The number of aliphatic carboxylic acids is 1. The lowest BCUT2D eigenvalue weighted by molar-refractivity contribution is -0.144. The van der Waals surface area contributed by atoms with Gasteiger partial charge in [0.15, 0.2) is 0 Å². The van der Waals surface area contributed by atoms with Gasteiger partial charge >= 0.3 is 5.97 Å². The number of nitrogens with one attached hydrogen (secondary N) is 1. The van der Waals surface area contributed by atoms with Crippen LogP contribution in [0.25, 0.3) is 0 Å². The van der Waals surface area contributed by atoms with Crippen molar-refractivity contribution in [1.82, 2.24) is 5.32 Å². The number of carbonyl (C=O) groups is 1. The van der Waals surface area contributed by atoms with Gasteiger partial charge in [-0.3, -0.25) is 4.79 Å². The lowest BCUT2D eigenvalue weighted by atomic mass is 9.89. The van der Waals surface area contributed by atoms with Crippen LogP contribution in [0.5, 0.6) is 0 Å². The van der Waals surface area contributed by atoms with E-state index in [1.165, 1.54) is 0 Å². The second kappa shape index (κ2) is 4.55. The summed E-state index contributed by atoms with van der Waals surface area (Å²) in [6.45, 7) is 0.788. The number of carboxylic acids is 1. The SMILES string of the molecule is O=C(O)C1(Cc2ccccc2Br)CCCN1. The van der Waals surface area contributed by atoms with Gasteiger partial charge in [0.2, 0.25) is 0 Å². The van der Waals surface area contributed by atoms with Crippen molar-refractivity contribution in [3.05, 3.63) is 34.3 Å². The van der Waals surface area contributed by atoms with Crippen molar-refractivity contribution in [3.63, 3.8) is 0 Å². The fourth-order valence-electron chi connectivity index (χ4n) is 2.18. The van der Waals surface area contributed by atoms with Crippen LogP contribution in [0.4, 0.5) is 0 Å². The van der Waals surface area contributed by atoms with Crippen LogP contribution in [-0.4, -0.2) is 23.2 Å². The zero-order valence-corrected chi connectivity index (χ0v) is 10.5. The van der Waals surface area contributed by atoms with Crippen LogP contribution in [0, 0.1) is 0 Å². The highest BCUT2D eigenvalue weighted by Crippen LogP contribution is 2.27. The molecule has 0 aromatic heterocycles. The predicted octanol–water partition coefficient (Wildman–Crippen LogP) is 2.20.